The predicted octanol–water partition coefficient (Wildman–Crippen LogP) is 1.80. The van der Waals surface area contributed by atoms with Gasteiger partial charge in [0.2, 0.25) is 0 Å². The summed E-state index contributed by atoms with van der Waals surface area (Å²) in [5.41, 5.74) is 0.873. The molecule has 6 nitrogen and oxygen atoms in total. The lowest BCUT2D eigenvalue weighted by Crippen LogP contribution is -2.30. The van der Waals surface area contributed by atoms with Crippen molar-refractivity contribution in [2.45, 2.75) is 19.9 Å². The zero-order chi connectivity index (χ0) is 13.5. The molecule has 0 aliphatic rings. The van der Waals surface area contributed by atoms with Gasteiger partial charge in [-0.2, -0.15) is 0 Å². The Kier molecular flexibility index (Phi) is 4.49. The second-order valence-corrected chi connectivity index (χ2v) is 4.20. The third kappa shape index (κ3) is 4.42. The monoisotopic (exact) mass is 259 g/mol. The topological polar surface area (TPSA) is 71.8 Å². The second kappa shape index (κ2) is 6.53. The molecule has 2 N–H and O–H groups in total. The maximum Gasteiger partial charge on any atom is 0.320 e. The fraction of sp³-hybridized carbons (Fsp3) is 0.308. The number of anilines is 1. The van der Waals surface area contributed by atoms with Crippen LogP contribution in [0.2, 0.25) is 0 Å². The van der Waals surface area contributed by atoms with Crippen molar-refractivity contribution < 1.29 is 4.79 Å². The van der Waals surface area contributed by atoms with Gasteiger partial charge in [0, 0.05) is 31.2 Å². The summed E-state index contributed by atoms with van der Waals surface area (Å²) in [7, 11) is 0. The molecule has 0 atom stereocenters. The van der Waals surface area contributed by atoms with Crippen LogP contribution < -0.4 is 10.6 Å². The van der Waals surface area contributed by atoms with E-state index in [1.54, 1.807) is 18.6 Å². The third-order valence-electron chi connectivity index (χ3n) is 2.57. The summed E-state index contributed by atoms with van der Waals surface area (Å²) < 4.78 is 1.97. The average molecular weight is 259 g/mol. The zero-order valence-electron chi connectivity index (χ0n) is 10.8. The number of hydrogen-bond acceptors (Lipinski definition) is 3. The summed E-state index contributed by atoms with van der Waals surface area (Å²) in [6, 6.07) is 5.27. The van der Waals surface area contributed by atoms with Crippen LogP contribution in [0.25, 0.3) is 0 Å². The minimum Gasteiger partial charge on any atom is -0.338 e. The van der Waals surface area contributed by atoms with Crippen LogP contribution in [0.4, 0.5) is 10.6 Å². The number of aryl methyl sites for hydroxylation is 2. The van der Waals surface area contributed by atoms with E-state index >= 15 is 0 Å². The number of hydrogen-bond donors (Lipinski definition) is 2. The Morgan fingerprint density at radius 1 is 1.42 bits per heavy atom. The summed E-state index contributed by atoms with van der Waals surface area (Å²) in [5.74, 6) is 0.562. The van der Waals surface area contributed by atoms with Gasteiger partial charge in [-0.15, -0.1) is 0 Å². The Morgan fingerprint density at radius 2 is 2.32 bits per heavy atom. The molecule has 0 fully saturated rings. The number of carbonyl (C=O) groups is 1. The molecule has 0 spiro atoms. The van der Waals surface area contributed by atoms with E-state index in [-0.39, 0.29) is 6.03 Å². The summed E-state index contributed by atoms with van der Waals surface area (Å²) >= 11 is 0. The van der Waals surface area contributed by atoms with Gasteiger partial charge in [-0.05, 0) is 25.5 Å². The van der Waals surface area contributed by atoms with Crippen molar-refractivity contribution in [3.63, 3.8) is 0 Å². The molecule has 19 heavy (non-hydrogen) atoms. The number of urea groups is 1. The van der Waals surface area contributed by atoms with Crippen LogP contribution in [0.3, 0.4) is 0 Å². The molecule has 2 aromatic rings. The third-order valence-corrected chi connectivity index (χ3v) is 2.57. The summed E-state index contributed by atoms with van der Waals surface area (Å²) in [4.78, 5) is 19.8. The van der Waals surface area contributed by atoms with E-state index in [4.69, 9.17) is 0 Å². The molecular formula is C13H17N5O. The number of nitrogens with zero attached hydrogens (tertiary/aromatic N) is 3. The van der Waals surface area contributed by atoms with Crippen molar-refractivity contribution in [1.29, 1.82) is 0 Å². The van der Waals surface area contributed by atoms with Gasteiger partial charge in [0.1, 0.15) is 5.82 Å². The molecule has 0 bridgehead atoms. The quantitative estimate of drug-likeness (QED) is 0.804. The minimum atomic E-state index is -0.233. The van der Waals surface area contributed by atoms with E-state index in [9.17, 15) is 4.79 Å². The Hall–Kier alpha value is -2.37. The standard InChI is InChI=1S/C13H17N5O/c1-11-4-2-5-12(16-11)17-13(19)15-6-3-8-18-9-7-14-10-18/h2,4-5,7,9-10H,3,6,8H2,1H3,(H2,15,16,17,19). The summed E-state index contributed by atoms with van der Waals surface area (Å²) in [5, 5.41) is 5.49. The summed E-state index contributed by atoms with van der Waals surface area (Å²) in [6.07, 6.45) is 6.25. The maximum atomic E-state index is 11.6. The van der Waals surface area contributed by atoms with Crippen LogP contribution in [-0.2, 0) is 6.54 Å². The molecule has 2 rings (SSSR count). The lowest BCUT2D eigenvalue weighted by molar-refractivity contribution is 0.251. The first-order valence-electron chi connectivity index (χ1n) is 6.18. The van der Waals surface area contributed by atoms with Gasteiger partial charge in [0.05, 0.1) is 6.33 Å². The van der Waals surface area contributed by atoms with Gasteiger partial charge in [-0.3, -0.25) is 5.32 Å². The number of nitrogens with one attached hydrogen (secondary N) is 2. The fourth-order valence-corrected chi connectivity index (χ4v) is 1.66. The van der Waals surface area contributed by atoms with Gasteiger partial charge >= 0.3 is 6.03 Å². The summed E-state index contributed by atoms with van der Waals surface area (Å²) in [6.45, 7) is 3.33. The molecule has 0 saturated carbocycles. The molecule has 2 amide bonds. The highest BCUT2D eigenvalue weighted by Crippen LogP contribution is 2.03. The van der Waals surface area contributed by atoms with E-state index in [1.807, 2.05) is 29.8 Å². The van der Waals surface area contributed by atoms with Crippen LogP contribution in [0.15, 0.2) is 36.9 Å². The van der Waals surface area contributed by atoms with E-state index < -0.39 is 0 Å². The van der Waals surface area contributed by atoms with Crippen molar-refractivity contribution in [2.75, 3.05) is 11.9 Å². The van der Waals surface area contributed by atoms with Crippen molar-refractivity contribution in [3.05, 3.63) is 42.6 Å². The number of rotatable bonds is 5. The largest absolute Gasteiger partial charge is 0.338 e. The van der Waals surface area contributed by atoms with Crippen molar-refractivity contribution in [3.8, 4) is 0 Å². The van der Waals surface area contributed by atoms with Crippen molar-refractivity contribution in [1.82, 2.24) is 19.9 Å². The molecule has 0 saturated heterocycles. The average Bonchev–Trinajstić information content (AvgIpc) is 2.88. The number of pyridine rings is 1. The Morgan fingerprint density at radius 3 is 3.05 bits per heavy atom. The molecular weight excluding hydrogens is 242 g/mol. The number of carbonyl (C=O) groups excluding carboxylic acids is 1. The van der Waals surface area contributed by atoms with Gasteiger partial charge in [0.25, 0.3) is 0 Å². The lowest BCUT2D eigenvalue weighted by atomic mass is 10.4. The van der Waals surface area contributed by atoms with E-state index in [1.165, 1.54) is 0 Å². The maximum absolute atomic E-state index is 11.6. The molecule has 6 heteroatoms. The van der Waals surface area contributed by atoms with Crippen molar-refractivity contribution in [2.24, 2.45) is 0 Å². The minimum absolute atomic E-state index is 0.233. The van der Waals surface area contributed by atoms with E-state index in [0.717, 1.165) is 18.7 Å². The number of imidazole rings is 1. The number of amides is 2. The highest BCUT2D eigenvalue weighted by molar-refractivity contribution is 5.88. The van der Waals surface area contributed by atoms with Crippen LogP contribution in [0.1, 0.15) is 12.1 Å². The van der Waals surface area contributed by atoms with Gasteiger partial charge in [0.15, 0.2) is 0 Å². The van der Waals surface area contributed by atoms with Gasteiger partial charge in [-0.1, -0.05) is 6.07 Å². The van der Waals surface area contributed by atoms with E-state index in [0.29, 0.717) is 12.4 Å². The van der Waals surface area contributed by atoms with E-state index in [2.05, 4.69) is 20.6 Å². The molecule has 0 aliphatic carbocycles. The van der Waals surface area contributed by atoms with Gasteiger partial charge < -0.3 is 9.88 Å². The molecule has 0 aromatic carbocycles. The molecule has 0 aliphatic heterocycles. The van der Waals surface area contributed by atoms with Crippen LogP contribution >= 0.6 is 0 Å². The first-order valence-corrected chi connectivity index (χ1v) is 6.18. The Balaban J connectivity index is 1.67. The molecule has 0 unspecified atom stereocenters. The SMILES string of the molecule is Cc1cccc(NC(=O)NCCCn2ccnc2)n1. The smallest absolute Gasteiger partial charge is 0.320 e. The first kappa shape index (κ1) is 13.1. The molecule has 2 heterocycles. The fourth-order valence-electron chi connectivity index (χ4n) is 1.66. The van der Waals surface area contributed by atoms with Crippen molar-refractivity contribution >= 4 is 11.8 Å². The Bertz CT molecular complexity index is 524. The Labute approximate surface area is 111 Å². The predicted molar refractivity (Wildman–Crippen MR) is 72.8 cm³/mol. The number of aromatic nitrogens is 3. The van der Waals surface area contributed by atoms with Gasteiger partial charge in [-0.25, -0.2) is 14.8 Å². The zero-order valence-corrected chi connectivity index (χ0v) is 10.8. The second-order valence-electron chi connectivity index (χ2n) is 4.20. The van der Waals surface area contributed by atoms with Crippen LogP contribution in [0.5, 0.6) is 0 Å². The lowest BCUT2D eigenvalue weighted by Gasteiger charge is -2.07. The molecule has 100 valence electrons. The highest BCUT2D eigenvalue weighted by Gasteiger charge is 2.01. The van der Waals surface area contributed by atoms with Crippen LogP contribution in [-0.4, -0.2) is 27.1 Å². The normalized spacial score (nSPS) is 10.2. The first-order chi connectivity index (χ1) is 9.24. The highest BCUT2D eigenvalue weighted by atomic mass is 16.2. The molecule has 2 aromatic heterocycles. The molecule has 0 radical (unpaired) electrons. The van der Waals surface area contributed by atoms with Crippen LogP contribution in [0, 0.1) is 6.92 Å².